The smallest absolute Gasteiger partial charge is 0.137 e. The maximum absolute atomic E-state index is 11.8. The second-order valence-electron chi connectivity index (χ2n) is 6.29. The summed E-state index contributed by atoms with van der Waals surface area (Å²) in [7, 11) is 4.11. The van der Waals surface area contributed by atoms with E-state index in [0.29, 0.717) is 0 Å². The largest absolute Gasteiger partial charge is 0.376 e. The van der Waals surface area contributed by atoms with Crippen molar-refractivity contribution in [2.75, 3.05) is 20.6 Å². The molecule has 0 aromatic heterocycles. The molecule has 2 aromatic carbocycles. The number of likely N-dealkylation sites (N-methyl/N-ethyl adjacent to an activating group) is 1. The first-order chi connectivity index (χ1) is 11.1. The molecule has 0 amide bonds. The zero-order valence-corrected chi connectivity index (χ0v) is 13.7. The molecule has 0 fully saturated rings. The molecule has 2 heteroatoms. The van der Waals surface area contributed by atoms with Gasteiger partial charge in [-0.15, -0.1) is 0 Å². The summed E-state index contributed by atoms with van der Waals surface area (Å²) >= 11 is 0. The standard InChI is InChI=1S/C21H23NO/c1-22(2)16-17-10-9-15-20(17)21(23,18-11-5-3-6-12-18)19-13-7-4-8-14-19/h3-14,23H,15-16H2,1-2H3. The minimum absolute atomic E-state index is 0.781. The van der Waals surface area contributed by atoms with Crippen LogP contribution in [0.25, 0.3) is 0 Å². The topological polar surface area (TPSA) is 23.5 Å². The Kier molecular flexibility index (Phi) is 4.46. The normalized spacial score (nSPS) is 14.8. The van der Waals surface area contributed by atoms with E-state index in [0.717, 1.165) is 29.7 Å². The van der Waals surface area contributed by atoms with E-state index in [2.05, 4.69) is 31.1 Å². The third kappa shape index (κ3) is 3.00. The van der Waals surface area contributed by atoms with Gasteiger partial charge in [-0.05, 0) is 42.8 Å². The van der Waals surface area contributed by atoms with Gasteiger partial charge in [0.1, 0.15) is 5.60 Å². The SMILES string of the molecule is CN(C)CC1=C(C(O)(c2ccccc2)c2ccccc2)CC=C1. The maximum Gasteiger partial charge on any atom is 0.137 e. The van der Waals surface area contributed by atoms with Crippen LogP contribution in [-0.4, -0.2) is 30.6 Å². The Morgan fingerprint density at radius 2 is 1.43 bits per heavy atom. The Bertz CT molecular complexity index is 675. The van der Waals surface area contributed by atoms with Gasteiger partial charge in [0, 0.05) is 6.54 Å². The van der Waals surface area contributed by atoms with Crippen molar-refractivity contribution in [2.45, 2.75) is 12.0 Å². The number of benzene rings is 2. The summed E-state index contributed by atoms with van der Waals surface area (Å²) in [5.74, 6) is 0. The highest BCUT2D eigenvalue weighted by Crippen LogP contribution is 2.42. The molecule has 0 bridgehead atoms. The van der Waals surface area contributed by atoms with Gasteiger partial charge in [-0.2, -0.15) is 0 Å². The summed E-state index contributed by atoms with van der Waals surface area (Å²) in [4.78, 5) is 2.14. The summed E-state index contributed by atoms with van der Waals surface area (Å²) in [6.07, 6.45) is 5.07. The lowest BCUT2D eigenvalue weighted by Gasteiger charge is -2.33. The predicted octanol–water partition coefficient (Wildman–Crippen LogP) is 3.74. The molecule has 0 unspecified atom stereocenters. The fourth-order valence-electron chi connectivity index (χ4n) is 3.29. The van der Waals surface area contributed by atoms with Crippen LogP contribution >= 0.6 is 0 Å². The lowest BCUT2D eigenvalue weighted by molar-refractivity contribution is 0.118. The molecule has 118 valence electrons. The van der Waals surface area contributed by atoms with Crippen LogP contribution in [0.2, 0.25) is 0 Å². The third-order valence-electron chi connectivity index (χ3n) is 4.34. The van der Waals surface area contributed by atoms with E-state index < -0.39 is 5.60 Å². The van der Waals surface area contributed by atoms with E-state index in [4.69, 9.17) is 0 Å². The van der Waals surface area contributed by atoms with Gasteiger partial charge in [-0.1, -0.05) is 72.8 Å². The average molecular weight is 305 g/mol. The highest BCUT2D eigenvalue weighted by molar-refractivity contribution is 5.51. The molecule has 0 atom stereocenters. The molecule has 1 aliphatic carbocycles. The summed E-state index contributed by atoms with van der Waals surface area (Å²) in [6.45, 7) is 0.827. The Morgan fingerprint density at radius 1 is 0.913 bits per heavy atom. The maximum atomic E-state index is 11.8. The third-order valence-corrected chi connectivity index (χ3v) is 4.34. The van der Waals surface area contributed by atoms with E-state index >= 15 is 0 Å². The molecule has 1 aliphatic rings. The Hall–Kier alpha value is -2.16. The number of rotatable bonds is 5. The summed E-state index contributed by atoms with van der Waals surface area (Å²) < 4.78 is 0. The minimum Gasteiger partial charge on any atom is -0.376 e. The van der Waals surface area contributed by atoms with Gasteiger partial charge in [0.15, 0.2) is 0 Å². The van der Waals surface area contributed by atoms with Crippen molar-refractivity contribution in [3.05, 3.63) is 95.1 Å². The van der Waals surface area contributed by atoms with E-state index in [1.807, 2.05) is 60.7 Å². The van der Waals surface area contributed by atoms with Crippen LogP contribution in [-0.2, 0) is 5.60 Å². The first kappa shape index (κ1) is 15.7. The zero-order valence-electron chi connectivity index (χ0n) is 13.7. The van der Waals surface area contributed by atoms with Crippen molar-refractivity contribution in [3.63, 3.8) is 0 Å². The molecule has 0 spiro atoms. The zero-order chi connectivity index (χ0) is 16.3. The highest BCUT2D eigenvalue weighted by atomic mass is 16.3. The quantitative estimate of drug-likeness (QED) is 0.909. The number of nitrogens with zero attached hydrogens (tertiary/aromatic N) is 1. The lowest BCUT2D eigenvalue weighted by atomic mass is 9.78. The molecule has 0 saturated carbocycles. The minimum atomic E-state index is -1.09. The molecule has 2 nitrogen and oxygen atoms in total. The molecule has 1 N–H and O–H groups in total. The first-order valence-electron chi connectivity index (χ1n) is 7.99. The second kappa shape index (κ2) is 6.53. The van der Waals surface area contributed by atoms with Crippen LogP contribution in [0.5, 0.6) is 0 Å². The highest BCUT2D eigenvalue weighted by Gasteiger charge is 2.37. The summed E-state index contributed by atoms with van der Waals surface area (Å²) in [6, 6.07) is 19.9. The number of allylic oxidation sites excluding steroid dienone is 1. The van der Waals surface area contributed by atoms with Gasteiger partial charge in [0.2, 0.25) is 0 Å². The van der Waals surface area contributed by atoms with E-state index in [1.165, 1.54) is 5.57 Å². The molecule has 3 rings (SSSR count). The van der Waals surface area contributed by atoms with Crippen LogP contribution in [0.3, 0.4) is 0 Å². The fraction of sp³-hybridized carbons (Fsp3) is 0.238. The van der Waals surface area contributed by atoms with E-state index in [-0.39, 0.29) is 0 Å². The van der Waals surface area contributed by atoms with Gasteiger partial charge in [0.05, 0.1) is 0 Å². The van der Waals surface area contributed by atoms with Crippen molar-refractivity contribution < 1.29 is 5.11 Å². The number of hydrogen-bond donors (Lipinski definition) is 1. The molecule has 0 heterocycles. The van der Waals surface area contributed by atoms with Crippen molar-refractivity contribution in [1.29, 1.82) is 0 Å². The van der Waals surface area contributed by atoms with Gasteiger partial charge in [0.25, 0.3) is 0 Å². The summed E-state index contributed by atoms with van der Waals surface area (Å²) in [5.41, 5.74) is 3.02. The monoisotopic (exact) mass is 305 g/mol. The average Bonchev–Trinajstić information content (AvgIpc) is 3.03. The van der Waals surface area contributed by atoms with Crippen molar-refractivity contribution in [1.82, 2.24) is 4.90 Å². The lowest BCUT2D eigenvalue weighted by Crippen LogP contribution is -2.31. The first-order valence-corrected chi connectivity index (χ1v) is 7.99. The van der Waals surface area contributed by atoms with Crippen molar-refractivity contribution in [2.24, 2.45) is 0 Å². The van der Waals surface area contributed by atoms with Crippen molar-refractivity contribution >= 4 is 0 Å². The fourth-order valence-corrected chi connectivity index (χ4v) is 3.29. The van der Waals surface area contributed by atoms with Gasteiger partial charge >= 0.3 is 0 Å². The second-order valence-corrected chi connectivity index (χ2v) is 6.29. The molecular formula is C21H23NO. The molecule has 2 aromatic rings. The van der Waals surface area contributed by atoms with E-state index in [1.54, 1.807) is 0 Å². The Balaban J connectivity index is 2.18. The molecule has 23 heavy (non-hydrogen) atoms. The molecular weight excluding hydrogens is 282 g/mol. The van der Waals surface area contributed by atoms with Gasteiger partial charge in [-0.3, -0.25) is 0 Å². The Labute approximate surface area is 138 Å². The molecule has 0 saturated heterocycles. The summed E-state index contributed by atoms with van der Waals surface area (Å²) in [5, 5.41) is 11.8. The van der Waals surface area contributed by atoms with Crippen LogP contribution < -0.4 is 0 Å². The molecule has 0 aliphatic heterocycles. The van der Waals surface area contributed by atoms with Gasteiger partial charge in [-0.25, -0.2) is 0 Å². The number of aliphatic hydroxyl groups is 1. The van der Waals surface area contributed by atoms with Crippen LogP contribution in [0.15, 0.2) is 84.0 Å². The van der Waals surface area contributed by atoms with Crippen LogP contribution in [0, 0.1) is 0 Å². The van der Waals surface area contributed by atoms with Gasteiger partial charge < -0.3 is 10.0 Å². The van der Waals surface area contributed by atoms with Crippen LogP contribution in [0.4, 0.5) is 0 Å². The van der Waals surface area contributed by atoms with E-state index in [9.17, 15) is 5.11 Å². The van der Waals surface area contributed by atoms with Crippen LogP contribution in [0.1, 0.15) is 17.5 Å². The number of hydrogen-bond acceptors (Lipinski definition) is 2. The molecule has 0 radical (unpaired) electrons. The predicted molar refractivity (Wildman–Crippen MR) is 95.2 cm³/mol. The van der Waals surface area contributed by atoms with Crippen molar-refractivity contribution in [3.8, 4) is 0 Å². The Morgan fingerprint density at radius 3 is 1.91 bits per heavy atom.